The molecule has 1 aliphatic heterocycles. The van der Waals surface area contributed by atoms with Crippen LogP contribution >= 0.6 is 0 Å². The predicted molar refractivity (Wildman–Crippen MR) is 143 cm³/mol. The maximum absolute atomic E-state index is 6.04. The van der Waals surface area contributed by atoms with E-state index in [1.165, 1.54) is 0 Å². The molecular formula is C30H24N4O2. The molecule has 0 fully saturated rings. The van der Waals surface area contributed by atoms with Gasteiger partial charge in [-0.05, 0) is 48.0 Å². The van der Waals surface area contributed by atoms with E-state index in [4.69, 9.17) is 19.4 Å². The lowest BCUT2D eigenvalue weighted by Gasteiger charge is -2.28. The fourth-order valence-electron chi connectivity index (χ4n) is 4.38. The van der Waals surface area contributed by atoms with Crippen LogP contribution in [0.5, 0.6) is 11.6 Å². The van der Waals surface area contributed by atoms with Crippen LogP contribution in [0.4, 0.5) is 11.5 Å². The fourth-order valence-corrected chi connectivity index (χ4v) is 4.38. The second-order valence-electron chi connectivity index (χ2n) is 8.50. The van der Waals surface area contributed by atoms with Crippen molar-refractivity contribution in [3.8, 4) is 22.9 Å². The summed E-state index contributed by atoms with van der Waals surface area (Å²) in [6.45, 7) is 1.16. The molecule has 0 saturated carbocycles. The molecule has 0 saturated heterocycles. The molecular weight excluding hydrogens is 448 g/mol. The largest absolute Gasteiger partial charge is 0.497 e. The summed E-state index contributed by atoms with van der Waals surface area (Å²) in [5.74, 6) is 2.22. The first-order valence-electron chi connectivity index (χ1n) is 11.8. The summed E-state index contributed by atoms with van der Waals surface area (Å²) in [6, 6.07) is 26.0. The number of nitrogens with zero attached hydrogens (tertiary/aromatic N) is 4. The molecule has 6 rings (SSSR count). The van der Waals surface area contributed by atoms with E-state index in [1.54, 1.807) is 7.11 Å². The lowest BCUT2D eigenvalue weighted by Crippen LogP contribution is -2.22. The van der Waals surface area contributed by atoms with Crippen LogP contribution in [-0.4, -0.2) is 28.6 Å². The number of methoxy groups -OCH3 is 1. The van der Waals surface area contributed by atoms with Gasteiger partial charge in [0.1, 0.15) is 18.2 Å². The zero-order chi connectivity index (χ0) is 24.3. The molecule has 3 aromatic heterocycles. The normalized spacial score (nSPS) is 12.4. The number of fused-ring (bicyclic) bond motifs is 2. The third-order valence-corrected chi connectivity index (χ3v) is 6.21. The molecule has 6 nitrogen and oxygen atoms in total. The van der Waals surface area contributed by atoms with Crippen molar-refractivity contribution in [3.63, 3.8) is 0 Å². The monoisotopic (exact) mass is 472 g/mol. The number of rotatable bonds is 6. The Morgan fingerprint density at radius 1 is 0.917 bits per heavy atom. The maximum atomic E-state index is 6.04. The summed E-state index contributed by atoms with van der Waals surface area (Å²) < 4.78 is 11.4. The van der Waals surface area contributed by atoms with Gasteiger partial charge >= 0.3 is 0 Å². The van der Waals surface area contributed by atoms with Gasteiger partial charge in [0.25, 0.3) is 0 Å². The van der Waals surface area contributed by atoms with Crippen LogP contribution in [0.3, 0.4) is 0 Å². The Bertz CT molecular complexity index is 1550. The average molecular weight is 473 g/mol. The van der Waals surface area contributed by atoms with E-state index in [-0.39, 0.29) is 0 Å². The second-order valence-corrected chi connectivity index (χ2v) is 8.50. The van der Waals surface area contributed by atoms with Crippen LogP contribution in [0, 0.1) is 0 Å². The second kappa shape index (κ2) is 9.50. The molecule has 2 aromatic carbocycles. The number of pyridine rings is 3. The lowest BCUT2D eigenvalue weighted by molar-refractivity contribution is 0.295. The first-order valence-corrected chi connectivity index (χ1v) is 11.8. The van der Waals surface area contributed by atoms with E-state index in [9.17, 15) is 0 Å². The summed E-state index contributed by atoms with van der Waals surface area (Å²) in [7, 11) is 1.67. The standard InChI is InChI=1S/C30H24N4O2/c1-35-24-11-9-22(10-12-24)26-18-27-25(13-14-29(32-27)36-20-21-6-3-2-4-7-21)30(33-26)34-17-5-8-23-19-31-16-15-28(23)34/h2-16,18-19H,17,20H2,1H3. The van der Waals surface area contributed by atoms with Crippen molar-refractivity contribution in [2.45, 2.75) is 6.61 Å². The molecule has 0 bridgehead atoms. The summed E-state index contributed by atoms with van der Waals surface area (Å²) >= 11 is 0. The van der Waals surface area contributed by atoms with Crippen molar-refractivity contribution in [2.24, 2.45) is 0 Å². The molecule has 6 heteroatoms. The highest BCUT2D eigenvalue weighted by molar-refractivity contribution is 5.96. The highest BCUT2D eigenvalue weighted by atomic mass is 16.5. The van der Waals surface area contributed by atoms with E-state index < -0.39 is 0 Å². The zero-order valence-corrected chi connectivity index (χ0v) is 19.8. The molecule has 0 N–H and O–H groups in total. The van der Waals surface area contributed by atoms with Gasteiger partial charge in [-0.2, -0.15) is 0 Å². The van der Waals surface area contributed by atoms with Gasteiger partial charge in [0, 0.05) is 41.5 Å². The smallest absolute Gasteiger partial charge is 0.214 e. The molecule has 0 aliphatic carbocycles. The van der Waals surface area contributed by atoms with Crippen LogP contribution in [0.1, 0.15) is 11.1 Å². The number of anilines is 2. The van der Waals surface area contributed by atoms with Gasteiger partial charge in [-0.25, -0.2) is 9.97 Å². The topological polar surface area (TPSA) is 60.4 Å². The number of aromatic nitrogens is 3. The summed E-state index contributed by atoms with van der Waals surface area (Å²) in [5.41, 5.74) is 5.86. The molecule has 0 amide bonds. The molecule has 0 atom stereocenters. The summed E-state index contributed by atoms with van der Waals surface area (Å²) in [4.78, 5) is 16.5. The van der Waals surface area contributed by atoms with Crippen molar-refractivity contribution in [3.05, 3.63) is 108 Å². The minimum atomic E-state index is 0.458. The summed E-state index contributed by atoms with van der Waals surface area (Å²) in [6.07, 6.45) is 7.92. The fraction of sp³-hybridized carbons (Fsp3) is 0.100. The minimum absolute atomic E-state index is 0.458. The highest BCUT2D eigenvalue weighted by Gasteiger charge is 2.20. The lowest BCUT2D eigenvalue weighted by atomic mass is 10.1. The highest BCUT2D eigenvalue weighted by Crippen LogP contribution is 2.37. The van der Waals surface area contributed by atoms with Gasteiger partial charge in [-0.1, -0.05) is 42.5 Å². The predicted octanol–water partition coefficient (Wildman–Crippen LogP) is 6.44. The Kier molecular flexibility index (Phi) is 5.75. The number of hydrogen-bond donors (Lipinski definition) is 0. The first kappa shape index (κ1) is 21.8. The molecule has 5 aromatic rings. The van der Waals surface area contributed by atoms with Gasteiger partial charge in [-0.15, -0.1) is 0 Å². The van der Waals surface area contributed by atoms with E-state index in [0.29, 0.717) is 19.0 Å². The quantitative estimate of drug-likeness (QED) is 0.283. The average Bonchev–Trinajstić information content (AvgIpc) is 2.95. The molecule has 1 aliphatic rings. The van der Waals surface area contributed by atoms with Crippen molar-refractivity contribution in [2.75, 3.05) is 18.6 Å². The third kappa shape index (κ3) is 4.25. The molecule has 0 radical (unpaired) electrons. The third-order valence-electron chi connectivity index (χ3n) is 6.21. The van der Waals surface area contributed by atoms with Crippen LogP contribution in [0.2, 0.25) is 0 Å². The van der Waals surface area contributed by atoms with Crippen LogP contribution in [-0.2, 0) is 6.61 Å². The SMILES string of the molecule is COc1ccc(-c2cc3nc(OCc4ccccc4)ccc3c(N3CC=Cc4cnccc43)n2)cc1. The Balaban J connectivity index is 1.46. The van der Waals surface area contributed by atoms with E-state index in [2.05, 4.69) is 22.0 Å². The number of ether oxygens (including phenoxy) is 2. The number of hydrogen-bond acceptors (Lipinski definition) is 6. The Morgan fingerprint density at radius 2 is 1.78 bits per heavy atom. The molecule has 4 heterocycles. The Hall–Kier alpha value is -4.71. The Morgan fingerprint density at radius 3 is 2.61 bits per heavy atom. The zero-order valence-electron chi connectivity index (χ0n) is 19.8. The van der Waals surface area contributed by atoms with Crippen LogP contribution < -0.4 is 14.4 Å². The van der Waals surface area contributed by atoms with E-state index >= 15 is 0 Å². The van der Waals surface area contributed by atoms with Gasteiger partial charge < -0.3 is 14.4 Å². The van der Waals surface area contributed by atoms with Gasteiger partial charge in [0.15, 0.2) is 0 Å². The van der Waals surface area contributed by atoms with Crippen molar-refractivity contribution < 1.29 is 9.47 Å². The van der Waals surface area contributed by atoms with Gasteiger partial charge in [0.2, 0.25) is 5.88 Å². The van der Waals surface area contributed by atoms with Crippen molar-refractivity contribution in [1.29, 1.82) is 0 Å². The van der Waals surface area contributed by atoms with Gasteiger partial charge in [0.05, 0.1) is 24.0 Å². The Labute approximate surface area is 209 Å². The maximum Gasteiger partial charge on any atom is 0.214 e. The molecule has 36 heavy (non-hydrogen) atoms. The van der Waals surface area contributed by atoms with Crippen molar-refractivity contribution >= 4 is 28.5 Å². The van der Waals surface area contributed by atoms with Crippen LogP contribution in [0.25, 0.3) is 28.2 Å². The van der Waals surface area contributed by atoms with Gasteiger partial charge in [-0.3, -0.25) is 4.98 Å². The summed E-state index contributed by atoms with van der Waals surface area (Å²) in [5, 5.41) is 0.956. The molecule has 0 unspecified atom stereocenters. The first-order chi connectivity index (χ1) is 17.8. The molecule has 0 spiro atoms. The minimum Gasteiger partial charge on any atom is -0.497 e. The van der Waals surface area contributed by atoms with E-state index in [0.717, 1.165) is 50.5 Å². The number of benzene rings is 2. The molecule has 176 valence electrons. The van der Waals surface area contributed by atoms with Crippen molar-refractivity contribution in [1.82, 2.24) is 15.0 Å². The van der Waals surface area contributed by atoms with E-state index in [1.807, 2.05) is 91.3 Å². The van der Waals surface area contributed by atoms with Crippen LogP contribution in [0.15, 0.2) is 97.3 Å².